The van der Waals surface area contributed by atoms with E-state index in [-0.39, 0.29) is 5.41 Å². The Morgan fingerprint density at radius 2 is 1.15 bits per heavy atom. The van der Waals surface area contributed by atoms with Crippen LogP contribution in [0.1, 0.15) is 26.3 Å². The summed E-state index contributed by atoms with van der Waals surface area (Å²) < 4.78 is 0. The van der Waals surface area contributed by atoms with E-state index in [1.54, 1.807) is 0 Å². The summed E-state index contributed by atoms with van der Waals surface area (Å²) in [6, 6.07) is 17.5. The van der Waals surface area contributed by atoms with Crippen LogP contribution in [0.25, 0.3) is 21.5 Å². The Hall–Kier alpha value is -0.227. The molecule has 0 aliphatic carbocycles. The van der Waals surface area contributed by atoms with E-state index in [1.165, 1.54) is 27.1 Å². The Labute approximate surface area is 139 Å². The first-order chi connectivity index (χ1) is 9.50. The standard InChI is InChI=1S/C17H17.2ClH.Zr/c1-17(2,3)16-14-10-6-4-8-12(14)13-9-5-7-11-15(13)16;;;/h4-11H,1-3H3;2*1H;/q-1;;;+2/p-2. The van der Waals surface area contributed by atoms with Gasteiger partial charge in [-0.15, -0.1) is 39.2 Å². The summed E-state index contributed by atoms with van der Waals surface area (Å²) in [4.78, 5) is 0. The van der Waals surface area contributed by atoms with Gasteiger partial charge in [0.25, 0.3) is 0 Å². The Bertz CT molecular complexity index is 654. The second-order valence-corrected chi connectivity index (χ2v) is 9.52. The number of fused-ring (bicyclic) bond motifs is 3. The molecule has 0 fully saturated rings. The van der Waals surface area contributed by atoms with Crippen molar-refractivity contribution in [2.45, 2.75) is 26.2 Å². The molecule has 0 saturated heterocycles. The molecule has 3 aromatic carbocycles. The van der Waals surface area contributed by atoms with Crippen molar-refractivity contribution in [3.8, 4) is 0 Å². The molecule has 0 N–H and O–H groups in total. The van der Waals surface area contributed by atoms with Gasteiger partial charge in [-0.05, 0) is 5.41 Å². The van der Waals surface area contributed by atoms with Gasteiger partial charge >= 0.3 is 37.9 Å². The molecular weight excluding hydrogens is 366 g/mol. The van der Waals surface area contributed by atoms with Gasteiger partial charge in [0.05, 0.1) is 0 Å². The number of hydrogen-bond donors (Lipinski definition) is 0. The Kier molecular flexibility index (Phi) is 5.40. The van der Waals surface area contributed by atoms with E-state index in [0.717, 1.165) is 0 Å². The van der Waals surface area contributed by atoms with Crippen LogP contribution in [-0.2, 0) is 26.3 Å². The topological polar surface area (TPSA) is 0 Å². The zero-order chi connectivity index (χ0) is 14.8. The van der Waals surface area contributed by atoms with Gasteiger partial charge in [0.1, 0.15) is 0 Å². The van der Waals surface area contributed by atoms with Crippen LogP contribution in [-0.4, -0.2) is 0 Å². The summed E-state index contributed by atoms with van der Waals surface area (Å²) >= 11 is -0.826. The van der Waals surface area contributed by atoms with Crippen molar-refractivity contribution in [1.29, 1.82) is 0 Å². The molecule has 0 nitrogen and oxygen atoms in total. The summed E-state index contributed by atoms with van der Waals surface area (Å²) in [5, 5.41) is 5.57. The van der Waals surface area contributed by atoms with E-state index in [4.69, 9.17) is 17.0 Å². The molecule has 0 aliphatic rings. The molecule has 0 aliphatic heterocycles. The molecule has 0 atom stereocenters. The fourth-order valence-corrected chi connectivity index (χ4v) is 2.83. The first kappa shape index (κ1) is 16.1. The first-order valence-corrected chi connectivity index (χ1v) is 12.9. The van der Waals surface area contributed by atoms with Crippen LogP contribution >= 0.6 is 17.0 Å². The number of halogens is 2. The maximum absolute atomic E-state index is 4.93. The average molecular weight is 383 g/mol. The SMILES string of the molecule is CC(C)(C)[c-]1c2ccccc2c2ccccc21.[Cl][Zr][Cl]. The van der Waals surface area contributed by atoms with Crippen LogP contribution < -0.4 is 0 Å². The molecule has 0 heterocycles. The maximum atomic E-state index is 4.93. The number of rotatable bonds is 0. The average Bonchev–Trinajstić information content (AvgIpc) is 2.74. The first-order valence-electron chi connectivity index (χ1n) is 6.53. The van der Waals surface area contributed by atoms with E-state index in [1.807, 2.05) is 0 Å². The molecule has 3 heteroatoms. The quantitative estimate of drug-likeness (QED) is 0.395. The molecule has 0 radical (unpaired) electrons. The molecule has 0 saturated carbocycles. The molecule has 0 bridgehead atoms. The molecule has 0 amide bonds. The summed E-state index contributed by atoms with van der Waals surface area (Å²) in [6.45, 7) is 6.88. The molecule has 3 rings (SSSR count). The van der Waals surface area contributed by atoms with Crippen molar-refractivity contribution < 1.29 is 20.8 Å². The van der Waals surface area contributed by atoms with Crippen LogP contribution in [0.15, 0.2) is 48.5 Å². The van der Waals surface area contributed by atoms with E-state index in [2.05, 4.69) is 69.3 Å². The molecule has 0 unspecified atom stereocenters. The normalized spacial score (nSPS) is 11.2. The predicted octanol–water partition coefficient (Wildman–Crippen LogP) is 6.39. The summed E-state index contributed by atoms with van der Waals surface area (Å²) in [7, 11) is 9.87. The van der Waals surface area contributed by atoms with Crippen molar-refractivity contribution in [2.75, 3.05) is 0 Å². The third-order valence-corrected chi connectivity index (χ3v) is 3.43. The fraction of sp³-hybridized carbons (Fsp3) is 0.235. The van der Waals surface area contributed by atoms with Gasteiger partial charge in [-0.2, -0.15) is 0 Å². The summed E-state index contributed by atoms with van der Waals surface area (Å²) in [5.74, 6) is 0. The molecule has 104 valence electrons. The minimum absolute atomic E-state index is 0.183. The van der Waals surface area contributed by atoms with E-state index in [9.17, 15) is 0 Å². The molecule has 0 aromatic heterocycles. The van der Waals surface area contributed by atoms with Crippen molar-refractivity contribution in [1.82, 2.24) is 0 Å². The molecular formula is C17H17Cl2Zr-. The molecule has 3 aromatic rings. The summed E-state index contributed by atoms with van der Waals surface area (Å²) in [5.41, 5.74) is 1.66. The zero-order valence-electron chi connectivity index (χ0n) is 11.9. The van der Waals surface area contributed by atoms with Crippen LogP contribution in [0.5, 0.6) is 0 Å². The summed E-state index contributed by atoms with van der Waals surface area (Å²) in [6.07, 6.45) is 0. The molecule has 0 spiro atoms. The Morgan fingerprint density at radius 3 is 1.50 bits per heavy atom. The van der Waals surface area contributed by atoms with Crippen molar-refractivity contribution in [3.63, 3.8) is 0 Å². The zero-order valence-corrected chi connectivity index (χ0v) is 15.8. The van der Waals surface area contributed by atoms with Crippen molar-refractivity contribution in [3.05, 3.63) is 54.1 Å². The monoisotopic (exact) mass is 381 g/mol. The van der Waals surface area contributed by atoms with Gasteiger partial charge in [0.2, 0.25) is 0 Å². The Balaban J connectivity index is 0.000000452. The van der Waals surface area contributed by atoms with Crippen LogP contribution in [0.3, 0.4) is 0 Å². The Morgan fingerprint density at radius 1 is 0.800 bits per heavy atom. The van der Waals surface area contributed by atoms with E-state index < -0.39 is 20.8 Å². The van der Waals surface area contributed by atoms with Gasteiger partial charge < -0.3 is 0 Å². The number of benzene rings is 2. The second kappa shape index (κ2) is 6.69. The fourth-order valence-electron chi connectivity index (χ4n) is 2.83. The van der Waals surface area contributed by atoms with Crippen molar-refractivity contribution >= 4 is 38.6 Å². The second-order valence-electron chi connectivity index (χ2n) is 5.79. The third-order valence-electron chi connectivity index (χ3n) is 3.43. The van der Waals surface area contributed by atoms with Gasteiger partial charge in [0.15, 0.2) is 0 Å². The molecule has 20 heavy (non-hydrogen) atoms. The van der Waals surface area contributed by atoms with Crippen LogP contribution in [0.2, 0.25) is 0 Å². The third kappa shape index (κ3) is 3.16. The number of hydrogen-bond acceptors (Lipinski definition) is 0. The minimum atomic E-state index is -0.826. The van der Waals surface area contributed by atoms with Gasteiger partial charge in [0, 0.05) is 0 Å². The van der Waals surface area contributed by atoms with Crippen molar-refractivity contribution in [2.24, 2.45) is 0 Å². The van der Waals surface area contributed by atoms with Gasteiger partial charge in [-0.25, -0.2) is 0 Å². The van der Waals surface area contributed by atoms with E-state index in [0.29, 0.717) is 0 Å². The van der Waals surface area contributed by atoms with Gasteiger partial charge in [-0.1, -0.05) is 57.2 Å². The van der Waals surface area contributed by atoms with Gasteiger partial charge in [-0.3, -0.25) is 0 Å². The van der Waals surface area contributed by atoms with Crippen LogP contribution in [0, 0.1) is 0 Å². The van der Waals surface area contributed by atoms with Crippen LogP contribution in [0.4, 0.5) is 0 Å². The van der Waals surface area contributed by atoms with E-state index >= 15 is 0 Å². The predicted molar refractivity (Wildman–Crippen MR) is 87.5 cm³/mol.